The lowest BCUT2D eigenvalue weighted by Crippen LogP contribution is -2.37. The van der Waals surface area contributed by atoms with E-state index < -0.39 is 0 Å². The van der Waals surface area contributed by atoms with E-state index in [1.807, 2.05) is 0 Å². The number of hydrogen-bond acceptors (Lipinski definition) is 3. The maximum atomic E-state index is 5.73. The molecule has 3 nitrogen and oxygen atoms in total. The van der Waals surface area contributed by atoms with Crippen LogP contribution in [0.4, 0.5) is 0 Å². The van der Waals surface area contributed by atoms with Gasteiger partial charge in [-0.25, -0.2) is 0 Å². The molecule has 1 aromatic rings. The van der Waals surface area contributed by atoms with Crippen LogP contribution in [0, 0.1) is 0 Å². The quantitative estimate of drug-likeness (QED) is 0.911. The van der Waals surface area contributed by atoms with Crippen molar-refractivity contribution < 1.29 is 4.74 Å². The topological polar surface area (TPSA) is 24.5 Å². The van der Waals surface area contributed by atoms with Gasteiger partial charge in [0.05, 0.1) is 6.61 Å². The van der Waals surface area contributed by atoms with Crippen molar-refractivity contribution in [2.45, 2.75) is 31.7 Å². The molecule has 1 fully saturated rings. The van der Waals surface area contributed by atoms with Crippen LogP contribution in [0.25, 0.3) is 0 Å². The van der Waals surface area contributed by atoms with E-state index in [4.69, 9.17) is 4.74 Å². The number of nitrogens with zero attached hydrogens (tertiary/aromatic N) is 1. The third-order valence-electron chi connectivity index (χ3n) is 4.28. The molecule has 1 N–H and O–H groups in total. The lowest BCUT2D eigenvalue weighted by Gasteiger charge is -2.30. The Morgan fingerprint density at radius 3 is 2.95 bits per heavy atom. The van der Waals surface area contributed by atoms with Crippen LogP contribution in [0.1, 0.15) is 37.3 Å². The highest BCUT2D eigenvalue weighted by atomic mass is 79.9. The second-order valence-electron chi connectivity index (χ2n) is 5.73. The summed E-state index contributed by atoms with van der Waals surface area (Å²) in [6, 6.07) is 6.74. The van der Waals surface area contributed by atoms with Crippen LogP contribution in [-0.2, 0) is 0 Å². The number of benzene rings is 1. The second kappa shape index (κ2) is 6.92. The van der Waals surface area contributed by atoms with Gasteiger partial charge in [0, 0.05) is 35.6 Å². The Kier molecular flexibility index (Phi) is 4.97. The maximum Gasteiger partial charge on any atom is 0.124 e. The third-order valence-corrected chi connectivity index (χ3v) is 4.77. The van der Waals surface area contributed by atoms with Crippen molar-refractivity contribution in [1.29, 1.82) is 0 Å². The summed E-state index contributed by atoms with van der Waals surface area (Å²) in [7, 11) is 0. The van der Waals surface area contributed by atoms with Crippen molar-refractivity contribution in [2.75, 3.05) is 32.8 Å². The first-order chi connectivity index (χ1) is 9.83. The standard InChI is InChI=1S/C16H23BrN2O/c17-13-4-5-16-14(12-13)15(6-11-20-16)18-7-10-19-8-2-1-3-9-19/h4-5,12,15,18H,1-3,6-11H2. The SMILES string of the molecule is Brc1ccc2c(c1)C(NCCN1CCCCC1)CCO2. The van der Waals surface area contributed by atoms with Crippen LogP contribution in [0.15, 0.2) is 22.7 Å². The summed E-state index contributed by atoms with van der Waals surface area (Å²) in [5, 5.41) is 3.71. The van der Waals surface area contributed by atoms with E-state index in [0.717, 1.165) is 29.8 Å². The van der Waals surface area contributed by atoms with E-state index in [1.165, 1.54) is 44.5 Å². The number of likely N-dealkylation sites (tertiary alicyclic amines) is 1. The number of ether oxygens (including phenoxy) is 1. The summed E-state index contributed by atoms with van der Waals surface area (Å²) >= 11 is 3.56. The minimum absolute atomic E-state index is 0.432. The number of fused-ring (bicyclic) bond motifs is 1. The van der Waals surface area contributed by atoms with Gasteiger partial charge < -0.3 is 15.0 Å². The predicted octanol–water partition coefficient (Wildman–Crippen LogP) is 3.35. The van der Waals surface area contributed by atoms with Gasteiger partial charge in [-0.1, -0.05) is 22.4 Å². The Morgan fingerprint density at radius 2 is 2.10 bits per heavy atom. The van der Waals surface area contributed by atoms with Gasteiger partial charge in [-0.2, -0.15) is 0 Å². The van der Waals surface area contributed by atoms with Crippen molar-refractivity contribution >= 4 is 15.9 Å². The molecule has 0 saturated carbocycles. The Morgan fingerprint density at radius 1 is 1.25 bits per heavy atom. The highest BCUT2D eigenvalue weighted by Gasteiger charge is 2.21. The van der Waals surface area contributed by atoms with Gasteiger partial charge in [0.15, 0.2) is 0 Å². The molecule has 110 valence electrons. The fourth-order valence-electron chi connectivity index (χ4n) is 3.16. The molecule has 2 aliphatic rings. The summed E-state index contributed by atoms with van der Waals surface area (Å²) in [4.78, 5) is 2.58. The fraction of sp³-hybridized carbons (Fsp3) is 0.625. The average Bonchev–Trinajstić information content (AvgIpc) is 2.49. The van der Waals surface area contributed by atoms with E-state index >= 15 is 0 Å². The minimum Gasteiger partial charge on any atom is -0.493 e. The van der Waals surface area contributed by atoms with Crippen LogP contribution >= 0.6 is 15.9 Å². The largest absolute Gasteiger partial charge is 0.493 e. The molecule has 3 rings (SSSR count). The first-order valence-electron chi connectivity index (χ1n) is 7.71. The molecule has 0 bridgehead atoms. The Bertz CT molecular complexity index is 446. The lowest BCUT2D eigenvalue weighted by atomic mass is 10.0. The van der Waals surface area contributed by atoms with E-state index in [0.29, 0.717) is 6.04 Å². The normalized spacial score (nSPS) is 23.1. The molecule has 0 spiro atoms. The molecule has 1 saturated heterocycles. The zero-order valence-corrected chi connectivity index (χ0v) is 13.5. The van der Waals surface area contributed by atoms with Crippen molar-refractivity contribution in [1.82, 2.24) is 10.2 Å². The van der Waals surface area contributed by atoms with Crippen molar-refractivity contribution in [2.24, 2.45) is 0 Å². The van der Waals surface area contributed by atoms with Crippen molar-refractivity contribution in [3.8, 4) is 5.75 Å². The first kappa shape index (κ1) is 14.4. The van der Waals surface area contributed by atoms with Crippen LogP contribution in [0.5, 0.6) is 5.75 Å². The molecular weight excluding hydrogens is 316 g/mol. The van der Waals surface area contributed by atoms with E-state index in [1.54, 1.807) is 0 Å². The van der Waals surface area contributed by atoms with Crippen LogP contribution in [0.2, 0.25) is 0 Å². The van der Waals surface area contributed by atoms with Gasteiger partial charge in [-0.15, -0.1) is 0 Å². The van der Waals surface area contributed by atoms with Crippen LogP contribution < -0.4 is 10.1 Å². The third kappa shape index (κ3) is 3.54. The molecule has 1 atom stereocenters. The van der Waals surface area contributed by atoms with Gasteiger partial charge >= 0.3 is 0 Å². The molecule has 20 heavy (non-hydrogen) atoms. The Labute approximate surface area is 129 Å². The lowest BCUT2D eigenvalue weighted by molar-refractivity contribution is 0.215. The number of halogens is 1. The molecule has 0 aromatic heterocycles. The highest BCUT2D eigenvalue weighted by Crippen LogP contribution is 2.33. The van der Waals surface area contributed by atoms with E-state index in [9.17, 15) is 0 Å². The van der Waals surface area contributed by atoms with Crippen molar-refractivity contribution in [3.63, 3.8) is 0 Å². The predicted molar refractivity (Wildman–Crippen MR) is 85.3 cm³/mol. The summed E-state index contributed by atoms with van der Waals surface area (Å²) in [5.41, 5.74) is 1.30. The number of nitrogens with one attached hydrogen (secondary N) is 1. The zero-order chi connectivity index (χ0) is 13.8. The maximum absolute atomic E-state index is 5.73. The summed E-state index contributed by atoms with van der Waals surface area (Å²) < 4.78 is 6.86. The van der Waals surface area contributed by atoms with Gasteiger partial charge in [0.25, 0.3) is 0 Å². The Hall–Kier alpha value is -0.580. The monoisotopic (exact) mass is 338 g/mol. The molecule has 1 aromatic carbocycles. The second-order valence-corrected chi connectivity index (χ2v) is 6.64. The molecule has 2 heterocycles. The van der Waals surface area contributed by atoms with Gasteiger partial charge in [-0.05, 0) is 44.1 Å². The van der Waals surface area contributed by atoms with Crippen molar-refractivity contribution in [3.05, 3.63) is 28.2 Å². The molecule has 4 heteroatoms. The highest BCUT2D eigenvalue weighted by molar-refractivity contribution is 9.10. The molecule has 0 aliphatic carbocycles. The van der Waals surface area contributed by atoms with Gasteiger partial charge in [0.2, 0.25) is 0 Å². The fourth-order valence-corrected chi connectivity index (χ4v) is 3.54. The summed E-state index contributed by atoms with van der Waals surface area (Å²) in [5.74, 6) is 1.04. The molecule has 0 amide bonds. The number of hydrogen-bond donors (Lipinski definition) is 1. The first-order valence-corrected chi connectivity index (χ1v) is 8.50. The molecule has 1 unspecified atom stereocenters. The van der Waals surface area contributed by atoms with Crippen LogP contribution in [-0.4, -0.2) is 37.7 Å². The van der Waals surface area contributed by atoms with Crippen LogP contribution in [0.3, 0.4) is 0 Å². The average molecular weight is 339 g/mol. The molecular formula is C16H23BrN2O. The smallest absolute Gasteiger partial charge is 0.124 e. The molecule has 2 aliphatic heterocycles. The van der Waals surface area contributed by atoms with Gasteiger partial charge in [-0.3, -0.25) is 0 Å². The van der Waals surface area contributed by atoms with E-state index in [-0.39, 0.29) is 0 Å². The summed E-state index contributed by atoms with van der Waals surface area (Å²) in [6.45, 7) is 5.60. The zero-order valence-electron chi connectivity index (χ0n) is 11.9. The number of rotatable bonds is 4. The van der Waals surface area contributed by atoms with Gasteiger partial charge in [0.1, 0.15) is 5.75 Å². The number of piperidine rings is 1. The molecule has 0 radical (unpaired) electrons. The minimum atomic E-state index is 0.432. The Balaban J connectivity index is 1.54. The summed E-state index contributed by atoms with van der Waals surface area (Å²) in [6.07, 6.45) is 5.20. The van der Waals surface area contributed by atoms with E-state index in [2.05, 4.69) is 44.3 Å².